The third-order valence-electron chi connectivity index (χ3n) is 2.51. The summed E-state index contributed by atoms with van der Waals surface area (Å²) in [5, 5.41) is 2.84. The summed E-state index contributed by atoms with van der Waals surface area (Å²) in [6, 6.07) is 5.40. The zero-order valence-electron chi connectivity index (χ0n) is 9.55. The lowest BCUT2D eigenvalue weighted by Crippen LogP contribution is -2.23. The third kappa shape index (κ3) is 2.87. The van der Waals surface area contributed by atoms with Crippen molar-refractivity contribution in [3.63, 3.8) is 0 Å². The largest absolute Gasteiger partial charge is 0.348 e. The van der Waals surface area contributed by atoms with Crippen LogP contribution in [0.2, 0.25) is 0 Å². The summed E-state index contributed by atoms with van der Waals surface area (Å²) >= 11 is 0. The van der Waals surface area contributed by atoms with E-state index in [0.717, 1.165) is 11.1 Å². The van der Waals surface area contributed by atoms with Crippen molar-refractivity contribution in [2.75, 3.05) is 0 Å². The van der Waals surface area contributed by atoms with Crippen LogP contribution in [-0.2, 0) is 6.54 Å². The fourth-order valence-electron chi connectivity index (χ4n) is 1.46. The molecule has 1 amide bonds. The number of carbonyl (C=O) groups excluding carboxylic acids is 1. The van der Waals surface area contributed by atoms with E-state index in [2.05, 4.69) is 15.3 Å². The molecule has 0 saturated heterocycles. The normalized spacial score (nSPS) is 9.94. The maximum atomic E-state index is 11.8. The van der Waals surface area contributed by atoms with E-state index in [1.165, 1.54) is 0 Å². The Balaban J connectivity index is 2.00. The van der Waals surface area contributed by atoms with E-state index in [1.807, 2.05) is 13.0 Å². The highest BCUT2D eigenvalue weighted by atomic mass is 16.1. The maximum Gasteiger partial charge on any atom is 0.253 e. The molecule has 2 rings (SSSR count). The number of aryl methyl sites for hydroxylation is 1. The van der Waals surface area contributed by atoms with Gasteiger partial charge < -0.3 is 5.32 Å². The average molecular weight is 227 g/mol. The molecule has 0 fully saturated rings. The summed E-state index contributed by atoms with van der Waals surface area (Å²) in [6.45, 7) is 2.47. The van der Waals surface area contributed by atoms with Gasteiger partial charge in [-0.1, -0.05) is 0 Å². The number of hydrogen-bond acceptors (Lipinski definition) is 3. The lowest BCUT2D eigenvalue weighted by Gasteiger charge is -2.06. The molecule has 86 valence electrons. The molecule has 0 atom stereocenters. The van der Waals surface area contributed by atoms with Gasteiger partial charge in [0.05, 0.1) is 5.56 Å². The molecule has 0 spiro atoms. The molecule has 2 aromatic heterocycles. The minimum Gasteiger partial charge on any atom is -0.348 e. The molecular weight excluding hydrogens is 214 g/mol. The van der Waals surface area contributed by atoms with Crippen LogP contribution in [0.1, 0.15) is 21.5 Å². The van der Waals surface area contributed by atoms with E-state index in [4.69, 9.17) is 0 Å². The van der Waals surface area contributed by atoms with E-state index in [-0.39, 0.29) is 5.91 Å². The molecule has 2 aromatic rings. The van der Waals surface area contributed by atoms with Crippen LogP contribution in [0.25, 0.3) is 0 Å². The van der Waals surface area contributed by atoms with Crippen LogP contribution in [0.4, 0.5) is 0 Å². The summed E-state index contributed by atoms with van der Waals surface area (Å²) in [5.41, 5.74) is 2.70. The van der Waals surface area contributed by atoms with Gasteiger partial charge in [-0.2, -0.15) is 0 Å². The molecule has 0 unspecified atom stereocenters. The summed E-state index contributed by atoms with van der Waals surface area (Å²) in [6.07, 6.45) is 6.69. The van der Waals surface area contributed by atoms with E-state index in [0.29, 0.717) is 12.1 Å². The monoisotopic (exact) mass is 227 g/mol. The zero-order valence-corrected chi connectivity index (χ0v) is 9.55. The van der Waals surface area contributed by atoms with Crippen LogP contribution in [0.5, 0.6) is 0 Å². The molecular formula is C13H13N3O. The predicted molar refractivity (Wildman–Crippen MR) is 64.4 cm³/mol. The highest BCUT2D eigenvalue weighted by Crippen LogP contribution is 2.04. The summed E-state index contributed by atoms with van der Waals surface area (Å²) < 4.78 is 0. The van der Waals surface area contributed by atoms with Crippen LogP contribution in [-0.4, -0.2) is 15.9 Å². The number of hydrogen-bond donors (Lipinski definition) is 1. The molecule has 0 aliphatic carbocycles. The second kappa shape index (κ2) is 5.21. The number of carbonyl (C=O) groups is 1. The molecule has 0 aliphatic rings. The van der Waals surface area contributed by atoms with Gasteiger partial charge in [0.2, 0.25) is 0 Å². The molecule has 17 heavy (non-hydrogen) atoms. The first-order valence-corrected chi connectivity index (χ1v) is 5.35. The van der Waals surface area contributed by atoms with Crippen molar-refractivity contribution in [1.29, 1.82) is 0 Å². The quantitative estimate of drug-likeness (QED) is 0.868. The van der Waals surface area contributed by atoms with Crippen LogP contribution < -0.4 is 5.32 Å². The van der Waals surface area contributed by atoms with Gasteiger partial charge in [0.1, 0.15) is 0 Å². The van der Waals surface area contributed by atoms with E-state index in [1.54, 1.807) is 36.9 Å². The predicted octanol–water partition coefficient (Wildman–Crippen LogP) is 1.72. The topological polar surface area (TPSA) is 54.9 Å². The first kappa shape index (κ1) is 11.3. The van der Waals surface area contributed by atoms with E-state index >= 15 is 0 Å². The highest BCUT2D eigenvalue weighted by Gasteiger charge is 2.05. The number of pyridine rings is 2. The molecule has 2 heterocycles. The van der Waals surface area contributed by atoms with Crippen molar-refractivity contribution in [2.24, 2.45) is 0 Å². The lowest BCUT2D eigenvalue weighted by molar-refractivity contribution is 0.0950. The van der Waals surface area contributed by atoms with E-state index < -0.39 is 0 Å². The Hall–Kier alpha value is -2.23. The second-order valence-electron chi connectivity index (χ2n) is 3.73. The summed E-state index contributed by atoms with van der Waals surface area (Å²) in [5.74, 6) is -0.124. The SMILES string of the molecule is Cc1ccncc1CNC(=O)c1cccnc1. The van der Waals surface area contributed by atoms with Crippen LogP contribution in [0, 0.1) is 6.92 Å². The summed E-state index contributed by atoms with van der Waals surface area (Å²) in [7, 11) is 0. The van der Waals surface area contributed by atoms with Gasteiger partial charge in [0, 0.05) is 31.3 Å². The molecule has 0 radical (unpaired) electrons. The van der Waals surface area contributed by atoms with Crippen LogP contribution >= 0.6 is 0 Å². The number of nitrogens with one attached hydrogen (secondary N) is 1. The molecule has 0 saturated carbocycles. The van der Waals surface area contributed by atoms with Crippen molar-refractivity contribution in [3.05, 3.63) is 59.7 Å². The second-order valence-corrected chi connectivity index (χ2v) is 3.73. The Morgan fingerprint density at radius 3 is 2.76 bits per heavy atom. The smallest absolute Gasteiger partial charge is 0.253 e. The average Bonchev–Trinajstić information content (AvgIpc) is 2.38. The van der Waals surface area contributed by atoms with Crippen molar-refractivity contribution >= 4 is 5.91 Å². The molecule has 4 heteroatoms. The van der Waals surface area contributed by atoms with Gasteiger partial charge in [-0.3, -0.25) is 14.8 Å². The Kier molecular flexibility index (Phi) is 3.45. The number of rotatable bonds is 3. The Labute approximate surface area is 99.7 Å². The van der Waals surface area contributed by atoms with Crippen molar-refractivity contribution in [1.82, 2.24) is 15.3 Å². The third-order valence-corrected chi connectivity index (χ3v) is 2.51. The Morgan fingerprint density at radius 2 is 2.06 bits per heavy atom. The molecule has 0 aliphatic heterocycles. The maximum absolute atomic E-state index is 11.8. The van der Waals surface area contributed by atoms with Crippen molar-refractivity contribution in [2.45, 2.75) is 13.5 Å². The molecule has 1 N–H and O–H groups in total. The van der Waals surface area contributed by atoms with Gasteiger partial charge in [0.25, 0.3) is 5.91 Å². The Bertz CT molecular complexity index is 511. The first-order chi connectivity index (χ1) is 8.27. The fraction of sp³-hybridized carbons (Fsp3) is 0.154. The van der Waals surface area contributed by atoms with Crippen molar-refractivity contribution in [3.8, 4) is 0 Å². The van der Waals surface area contributed by atoms with Gasteiger partial charge in [-0.05, 0) is 36.2 Å². The standard InChI is InChI=1S/C13H13N3O/c1-10-4-6-15-8-12(10)9-16-13(17)11-3-2-5-14-7-11/h2-8H,9H2,1H3,(H,16,17). The van der Waals surface area contributed by atoms with Gasteiger partial charge in [-0.25, -0.2) is 0 Å². The van der Waals surface area contributed by atoms with Crippen LogP contribution in [0.15, 0.2) is 43.0 Å². The minimum atomic E-state index is -0.124. The minimum absolute atomic E-state index is 0.124. The number of amides is 1. The van der Waals surface area contributed by atoms with Gasteiger partial charge >= 0.3 is 0 Å². The highest BCUT2D eigenvalue weighted by molar-refractivity contribution is 5.93. The molecule has 4 nitrogen and oxygen atoms in total. The van der Waals surface area contributed by atoms with Crippen LogP contribution in [0.3, 0.4) is 0 Å². The van der Waals surface area contributed by atoms with Gasteiger partial charge in [-0.15, -0.1) is 0 Å². The van der Waals surface area contributed by atoms with Gasteiger partial charge in [0.15, 0.2) is 0 Å². The first-order valence-electron chi connectivity index (χ1n) is 5.35. The zero-order chi connectivity index (χ0) is 12.1. The summed E-state index contributed by atoms with van der Waals surface area (Å²) in [4.78, 5) is 19.7. The molecule has 0 aromatic carbocycles. The van der Waals surface area contributed by atoms with E-state index in [9.17, 15) is 4.79 Å². The van der Waals surface area contributed by atoms with Crippen molar-refractivity contribution < 1.29 is 4.79 Å². The molecule has 0 bridgehead atoms. The fourth-order valence-corrected chi connectivity index (χ4v) is 1.46. The lowest BCUT2D eigenvalue weighted by atomic mass is 10.1. The Morgan fingerprint density at radius 1 is 1.24 bits per heavy atom. The number of nitrogens with zero attached hydrogens (tertiary/aromatic N) is 2. The number of aromatic nitrogens is 2.